The predicted molar refractivity (Wildman–Crippen MR) is 148 cm³/mol. The van der Waals surface area contributed by atoms with E-state index in [1.165, 1.54) is 19.2 Å². The Labute approximate surface area is 236 Å². The van der Waals surface area contributed by atoms with E-state index in [4.69, 9.17) is 9.15 Å². The van der Waals surface area contributed by atoms with Gasteiger partial charge in [0.15, 0.2) is 17.3 Å². The number of phenolic OH excluding ortho intramolecular Hbond substituents is 1. The number of pyridine rings is 1. The number of nitrogens with one attached hydrogen (secondary N) is 1. The molecule has 0 saturated carbocycles. The average molecular weight is 564 g/mol. The highest BCUT2D eigenvalue weighted by Gasteiger charge is 2.36. The molecule has 1 fully saturated rings. The van der Waals surface area contributed by atoms with Gasteiger partial charge in [-0.05, 0) is 43.0 Å². The maximum Gasteiger partial charge on any atom is 0.250 e. The summed E-state index contributed by atoms with van der Waals surface area (Å²) in [6.07, 6.45) is 0.853. The summed E-state index contributed by atoms with van der Waals surface area (Å²) < 4.78 is 12.7. The Morgan fingerprint density at radius 3 is 2.71 bits per heavy atom. The molecule has 2 aliphatic rings. The van der Waals surface area contributed by atoms with Gasteiger partial charge < -0.3 is 34.2 Å². The van der Waals surface area contributed by atoms with Gasteiger partial charge in [-0.2, -0.15) is 0 Å². The zero-order valence-electron chi connectivity index (χ0n) is 23.0. The van der Waals surface area contributed by atoms with E-state index in [1.807, 2.05) is 15.5 Å². The number of phenols is 1. The number of methoxy groups -OCH3 is 1. The second-order valence-corrected chi connectivity index (χ2v) is 10.7. The molecule has 4 heterocycles. The first kappa shape index (κ1) is 28.0. The lowest BCUT2D eigenvalue weighted by atomic mass is 9.83. The number of aromatic hydroxyl groups is 2. The van der Waals surface area contributed by atoms with E-state index in [0.717, 1.165) is 18.2 Å². The number of fused-ring (bicyclic) bond motifs is 4. The van der Waals surface area contributed by atoms with Crippen molar-refractivity contribution in [1.82, 2.24) is 14.8 Å². The van der Waals surface area contributed by atoms with Gasteiger partial charge >= 0.3 is 0 Å². The molecule has 0 spiro atoms. The van der Waals surface area contributed by atoms with Gasteiger partial charge in [0.2, 0.25) is 23.0 Å². The van der Waals surface area contributed by atoms with Crippen LogP contribution < -0.4 is 21.0 Å². The third kappa shape index (κ3) is 5.84. The second kappa shape index (κ2) is 11.5. The Morgan fingerprint density at radius 1 is 1.12 bits per heavy atom. The number of rotatable bonds is 8. The van der Waals surface area contributed by atoms with Gasteiger partial charge in [0, 0.05) is 62.8 Å². The molecule has 0 aliphatic carbocycles. The molecule has 3 atom stereocenters. The monoisotopic (exact) mass is 563 g/mol. The van der Waals surface area contributed by atoms with Crippen LogP contribution in [0, 0.1) is 12.8 Å². The SMILES string of the molecule is COc1cc(C(CC(=O)NCCC(=O)N2C[C@H]3C[C@@H](C2)c2cccc(=O)n2C3)c2oc(C)cc(=O)c2O)ccc1O. The van der Waals surface area contributed by atoms with Crippen molar-refractivity contribution in [2.45, 2.75) is 44.6 Å². The third-order valence-electron chi connectivity index (χ3n) is 7.88. The molecule has 2 bridgehead atoms. The summed E-state index contributed by atoms with van der Waals surface area (Å²) in [5.41, 5.74) is 0.794. The fourth-order valence-corrected chi connectivity index (χ4v) is 5.96. The molecule has 1 saturated heterocycles. The van der Waals surface area contributed by atoms with Crippen LogP contribution in [0.5, 0.6) is 17.2 Å². The Kier molecular flexibility index (Phi) is 7.87. The third-order valence-corrected chi connectivity index (χ3v) is 7.88. The molecular formula is C30H33N3O8. The Bertz CT molecular complexity index is 1590. The van der Waals surface area contributed by atoms with Crippen LogP contribution in [0.1, 0.15) is 53.9 Å². The van der Waals surface area contributed by atoms with Crippen molar-refractivity contribution in [2.24, 2.45) is 5.92 Å². The van der Waals surface area contributed by atoms with Crippen LogP contribution >= 0.6 is 0 Å². The molecule has 3 N–H and O–H groups in total. The number of amides is 2. The molecule has 216 valence electrons. The summed E-state index contributed by atoms with van der Waals surface area (Å²) in [5.74, 6) is -1.40. The van der Waals surface area contributed by atoms with Crippen molar-refractivity contribution >= 4 is 11.8 Å². The van der Waals surface area contributed by atoms with Crippen molar-refractivity contribution in [3.63, 3.8) is 0 Å². The maximum absolute atomic E-state index is 13.1. The van der Waals surface area contributed by atoms with Gasteiger partial charge in [0.25, 0.3) is 5.56 Å². The van der Waals surface area contributed by atoms with Crippen molar-refractivity contribution in [2.75, 3.05) is 26.7 Å². The Hall–Kier alpha value is -4.54. The molecule has 2 aliphatic heterocycles. The quantitative estimate of drug-likeness (QED) is 0.377. The number of benzene rings is 1. The lowest BCUT2D eigenvalue weighted by molar-refractivity contribution is -0.134. The zero-order chi connectivity index (χ0) is 29.3. The number of piperidine rings is 1. The first-order valence-electron chi connectivity index (χ1n) is 13.6. The van der Waals surface area contributed by atoms with Gasteiger partial charge in [0.05, 0.1) is 13.0 Å². The maximum atomic E-state index is 13.1. The summed E-state index contributed by atoms with van der Waals surface area (Å²) in [4.78, 5) is 52.5. The molecule has 11 nitrogen and oxygen atoms in total. The van der Waals surface area contributed by atoms with E-state index < -0.39 is 23.0 Å². The van der Waals surface area contributed by atoms with E-state index >= 15 is 0 Å². The lowest BCUT2D eigenvalue weighted by Crippen LogP contribution is -2.49. The number of carbonyl (C=O) groups is 2. The van der Waals surface area contributed by atoms with E-state index in [1.54, 1.807) is 25.1 Å². The molecular weight excluding hydrogens is 530 g/mol. The molecule has 41 heavy (non-hydrogen) atoms. The number of hydrogen-bond acceptors (Lipinski definition) is 8. The van der Waals surface area contributed by atoms with Crippen LogP contribution in [0.3, 0.4) is 0 Å². The van der Waals surface area contributed by atoms with Crippen LogP contribution in [0.4, 0.5) is 0 Å². The molecule has 11 heteroatoms. The first-order valence-corrected chi connectivity index (χ1v) is 13.6. The summed E-state index contributed by atoms with van der Waals surface area (Å²) >= 11 is 0. The minimum atomic E-state index is -0.863. The molecule has 1 aromatic carbocycles. The Morgan fingerprint density at radius 2 is 1.93 bits per heavy atom. The lowest BCUT2D eigenvalue weighted by Gasteiger charge is -2.42. The number of aryl methyl sites for hydroxylation is 1. The molecule has 1 unspecified atom stereocenters. The summed E-state index contributed by atoms with van der Waals surface area (Å²) in [5, 5.41) is 23.3. The van der Waals surface area contributed by atoms with Crippen molar-refractivity contribution < 1.29 is 29.0 Å². The van der Waals surface area contributed by atoms with Crippen molar-refractivity contribution in [3.8, 4) is 17.2 Å². The highest BCUT2D eigenvalue weighted by molar-refractivity contribution is 5.80. The molecule has 2 amide bonds. The highest BCUT2D eigenvalue weighted by atomic mass is 16.5. The van der Waals surface area contributed by atoms with Crippen molar-refractivity contribution in [1.29, 1.82) is 0 Å². The smallest absolute Gasteiger partial charge is 0.250 e. The molecule has 5 rings (SSSR count). The first-order chi connectivity index (χ1) is 19.6. The standard InChI is InChI=1S/C30H33N3O8/c1-17-10-24(35)29(39)30(41-17)21(19-6-7-23(34)25(12-19)40-2)13-26(36)31-9-8-27(37)32-14-18-11-20(16-32)22-4-3-5-28(38)33(22)15-18/h3-7,10,12,18,20-21,34,39H,8-9,11,13-16H2,1-2H3,(H,31,36)/t18-,20+,21?/m1/s1. The number of aromatic nitrogens is 1. The van der Waals surface area contributed by atoms with E-state index in [-0.39, 0.29) is 65.7 Å². The van der Waals surface area contributed by atoms with Crippen molar-refractivity contribution in [3.05, 3.63) is 85.8 Å². The number of likely N-dealkylation sites (tertiary alicyclic amines) is 1. The topological polar surface area (TPSA) is 151 Å². The number of carbonyl (C=O) groups excluding carboxylic acids is 2. The molecule has 0 radical (unpaired) electrons. The van der Waals surface area contributed by atoms with Gasteiger partial charge in [-0.15, -0.1) is 0 Å². The highest BCUT2D eigenvalue weighted by Crippen LogP contribution is 2.37. The van der Waals surface area contributed by atoms with Crippen LogP contribution in [0.25, 0.3) is 0 Å². The zero-order valence-corrected chi connectivity index (χ0v) is 23.0. The predicted octanol–water partition coefficient (Wildman–Crippen LogP) is 2.20. The van der Waals surface area contributed by atoms with Crippen LogP contribution in [-0.2, 0) is 16.1 Å². The van der Waals surface area contributed by atoms with Gasteiger partial charge in [0.1, 0.15) is 5.76 Å². The van der Waals surface area contributed by atoms with Crippen LogP contribution in [0.15, 0.2) is 56.5 Å². The number of nitrogens with zero attached hydrogens (tertiary/aromatic N) is 2. The fourth-order valence-electron chi connectivity index (χ4n) is 5.96. The minimum absolute atomic E-state index is 0.0120. The summed E-state index contributed by atoms with van der Waals surface area (Å²) in [7, 11) is 1.38. The number of ether oxygens (including phenoxy) is 1. The Balaban J connectivity index is 1.25. The summed E-state index contributed by atoms with van der Waals surface area (Å²) in [6.45, 7) is 3.37. The van der Waals surface area contributed by atoms with Crippen LogP contribution in [-0.4, -0.2) is 58.2 Å². The normalized spacial score (nSPS) is 18.3. The minimum Gasteiger partial charge on any atom is -0.504 e. The van der Waals surface area contributed by atoms with E-state index in [9.17, 15) is 29.4 Å². The van der Waals surface area contributed by atoms with Gasteiger partial charge in [-0.1, -0.05) is 12.1 Å². The number of hydrogen-bond donors (Lipinski definition) is 3. The summed E-state index contributed by atoms with van der Waals surface area (Å²) in [6, 6.07) is 10.9. The van der Waals surface area contributed by atoms with Gasteiger partial charge in [-0.3, -0.25) is 19.2 Å². The van der Waals surface area contributed by atoms with Crippen LogP contribution in [0.2, 0.25) is 0 Å². The molecule has 3 aromatic rings. The second-order valence-electron chi connectivity index (χ2n) is 10.7. The molecule has 2 aromatic heterocycles. The largest absolute Gasteiger partial charge is 0.504 e. The van der Waals surface area contributed by atoms with E-state index in [2.05, 4.69) is 5.32 Å². The average Bonchev–Trinajstić information content (AvgIpc) is 2.94. The van der Waals surface area contributed by atoms with Gasteiger partial charge in [-0.25, -0.2) is 0 Å². The fraction of sp³-hybridized carbons (Fsp3) is 0.400. The van der Waals surface area contributed by atoms with E-state index in [0.29, 0.717) is 25.2 Å².